The molecular weight excluding hydrogens is 246 g/mol. The number of hydrogen-bond donors (Lipinski definition) is 2. The van der Waals surface area contributed by atoms with Gasteiger partial charge in [0.1, 0.15) is 17.1 Å². The molecule has 0 bridgehead atoms. The third kappa shape index (κ3) is 3.04. The molecule has 2 rings (SSSR count). The Morgan fingerprint density at radius 3 is 2.95 bits per heavy atom. The molecule has 0 saturated heterocycles. The Labute approximate surface area is 110 Å². The standard InChI is InChI=1S/C13H15N3O3/c1-16-6-5-15-12(16)4-7-19-11-8-9(14)2-3-10(11)13(17)18/h2-3,5-6,8H,4,7,14H2,1H3,(H,17,18). The van der Waals surface area contributed by atoms with Crippen LogP contribution in [0.3, 0.4) is 0 Å². The summed E-state index contributed by atoms with van der Waals surface area (Å²) in [5, 5.41) is 9.05. The number of aryl methyl sites for hydroxylation is 1. The van der Waals surface area contributed by atoms with E-state index in [0.29, 0.717) is 18.7 Å². The van der Waals surface area contributed by atoms with Crippen LogP contribution in [-0.2, 0) is 13.5 Å². The molecule has 1 heterocycles. The van der Waals surface area contributed by atoms with Crippen molar-refractivity contribution in [3.8, 4) is 5.75 Å². The first-order valence-corrected chi connectivity index (χ1v) is 5.79. The molecule has 0 spiro atoms. The molecule has 0 atom stereocenters. The summed E-state index contributed by atoms with van der Waals surface area (Å²) in [4.78, 5) is 15.2. The van der Waals surface area contributed by atoms with Gasteiger partial charge in [0.05, 0.1) is 6.61 Å². The fourth-order valence-corrected chi connectivity index (χ4v) is 1.72. The molecule has 1 aromatic carbocycles. The highest BCUT2D eigenvalue weighted by Gasteiger charge is 2.11. The molecular formula is C13H15N3O3. The van der Waals surface area contributed by atoms with Crippen LogP contribution in [-0.4, -0.2) is 27.2 Å². The topological polar surface area (TPSA) is 90.4 Å². The van der Waals surface area contributed by atoms with E-state index in [1.165, 1.54) is 18.2 Å². The first kappa shape index (κ1) is 12.9. The van der Waals surface area contributed by atoms with Crippen LogP contribution >= 0.6 is 0 Å². The number of ether oxygens (including phenoxy) is 1. The number of hydrogen-bond acceptors (Lipinski definition) is 4. The first-order chi connectivity index (χ1) is 9.08. The molecule has 0 aliphatic carbocycles. The van der Waals surface area contributed by atoms with Crippen molar-refractivity contribution in [2.75, 3.05) is 12.3 Å². The minimum atomic E-state index is -1.04. The highest BCUT2D eigenvalue weighted by molar-refractivity contribution is 5.91. The van der Waals surface area contributed by atoms with E-state index in [4.69, 9.17) is 15.6 Å². The van der Waals surface area contributed by atoms with E-state index in [9.17, 15) is 4.79 Å². The van der Waals surface area contributed by atoms with Gasteiger partial charge in [-0.15, -0.1) is 0 Å². The third-order valence-electron chi connectivity index (χ3n) is 2.74. The van der Waals surface area contributed by atoms with Crippen LogP contribution in [0, 0.1) is 0 Å². The lowest BCUT2D eigenvalue weighted by molar-refractivity contribution is 0.0692. The van der Waals surface area contributed by atoms with Crippen molar-refractivity contribution in [2.24, 2.45) is 7.05 Å². The predicted octanol–water partition coefficient (Wildman–Crippen LogP) is 1.32. The lowest BCUT2D eigenvalue weighted by Gasteiger charge is -2.09. The van der Waals surface area contributed by atoms with Crippen molar-refractivity contribution in [3.05, 3.63) is 42.0 Å². The average molecular weight is 261 g/mol. The number of carboxylic acid groups (broad SMARTS) is 1. The third-order valence-corrected chi connectivity index (χ3v) is 2.74. The van der Waals surface area contributed by atoms with Crippen LogP contribution in [0.5, 0.6) is 5.75 Å². The van der Waals surface area contributed by atoms with Gasteiger partial charge in [0.2, 0.25) is 0 Å². The van der Waals surface area contributed by atoms with Gasteiger partial charge in [-0.1, -0.05) is 0 Å². The number of carboxylic acids is 1. The van der Waals surface area contributed by atoms with Crippen molar-refractivity contribution in [1.29, 1.82) is 0 Å². The normalized spacial score (nSPS) is 10.4. The van der Waals surface area contributed by atoms with Gasteiger partial charge in [0.15, 0.2) is 0 Å². The van der Waals surface area contributed by atoms with Crippen molar-refractivity contribution < 1.29 is 14.6 Å². The van der Waals surface area contributed by atoms with Crippen molar-refractivity contribution >= 4 is 11.7 Å². The van der Waals surface area contributed by atoms with Gasteiger partial charge < -0.3 is 20.1 Å². The number of aromatic nitrogens is 2. The number of carbonyl (C=O) groups is 1. The van der Waals surface area contributed by atoms with Crippen LogP contribution in [0.25, 0.3) is 0 Å². The number of nitrogen functional groups attached to an aromatic ring is 1. The van der Waals surface area contributed by atoms with E-state index in [-0.39, 0.29) is 11.3 Å². The number of imidazole rings is 1. The zero-order valence-corrected chi connectivity index (χ0v) is 10.5. The van der Waals surface area contributed by atoms with Crippen LogP contribution < -0.4 is 10.5 Å². The summed E-state index contributed by atoms with van der Waals surface area (Å²) < 4.78 is 7.38. The molecule has 0 radical (unpaired) electrons. The zero-order chi connectivity index (χ0) is 13.8. The van der Waals surface area contributed by atoms with E-state index in [0.717, 1.165) is 5.82 Å². The Kier molecular flexibility index (Phi) is 3.70. The Morgan fingerprint density at radius 1 is 1.53 bits per heavy atom. The minimum Gasteiger partial charge on any atom is -0.492 e. The molecule has 1 aromatic heterocycles. The SMILES string of the molecule is Cn1ccnc1CCOc1cc(N)ccc1C(=O)O. The summed E-state index contributed by atoms with van der Waals surface area (Å²) in [7, 11) is 1.89. The number of nitrogens with zero attached hydrogens (tertiary/aromatic N) is 2. The molecule has 6 heteroatoms. The monoisotopic (exact) mass is 261 g/mol. The molecule has 0 fully saturated rings. The Balaban J connectivity index is 2.05. The highest BCUT2D eigenvalue weighted by Crippen LogP contribution is 2.22. The number of nitrogens with two attached hydrogens (primary N) is 1. The fraction of sp³-hybridized carbons (Fsp3) is 0.231. The van der Waals surface area contributed by atoms with Gasteiger partial charge >= 0.3 is 5.97 Å². The summed E-state index contributed by atoms with van der Waals surface area (Å²) in [5.41, 5.74) is 6.20. The van der Waals surface area contributed by atoms with Gasteiger partial charge in [0, 0.05) is 37.6 Å². The number of aromatic carboxylic acids is 1. The van der Waals surface area contributed by atoms with Crippen LogP contribution in [0.1, 0.15) is 16.2 Å². The molecule has 0 amide bonds. The molecule has 0 aliphatic rings. The maximum atomic E-state index is 11.0. The molecule has 2 aromatic rings. The molecule has 0 aliphatic heterocycles. The minimum absolute atomic E-state index is 0.106. The number of benzene rings is 1. The molecule has 0 saturated carbocycles. The smallest absolute Gasteiger partial charge is 0.339 e. The predicted molar refractivity (Wildman–Crippen MR) is 70.2 cm³/mol. The maximum absolute atomic E-state index is 11.0. The Morgan fingerprint density at radius 2 is 2.32 bits per heavy atom. The zero-order valence-electron chi connectivity index (χ0n) is 10.5. The molecule has 3 N–H and O–H groups in total. The summed E-state index contributed by atoms with van der Waals surface area (Å²) in [5.74, 6) is 0.120. The largest absolute Gasteiger partial charge is 0.492 e. The van der Waals surface area contributed by atoms with Gasteiger partial charge in [-0.05, 0) is 12.1 Å². The first-order valence-electron chi connectivity index (χ1n) is 5.79. The van der Waals surface area contributed by atoms with E-state index in [2.05, 4.69) is 4.98 Å². The Bertz CT molecular complexity index is 593. The lowest BCUT2D eigenvalue weighted by Crippen LogP contribution is -2.09. The van der Waals surface area contributed by atoms with Crippen LogP contribution in [0.15, 0.2) is 30.6 Å². The van der Waals surface area contributed by atoms with Gasteiger partial charge in [-0.25, -0.2) is 9.78 Å². The van der Waals surface area contributed by atoms with Crippen LogP contribution in [0.2, 0.25) is 0 Å². The second-order valence-electron chi connectivity index (χ2n) is 4.11. The number of rotatable bonds is 5. The van der Waals surface area contributed by atoms with Crippen LogP contribution in [0.4, 0.5) is 5.69 Å². The molecule has 100 valence electrons. The fourth-order valence-electron chi connectivity index (χ4n) is 1.72. The van der Waals surface area contributed by atoms with E-state index in [1.807, 2.05) is 17.8 Å². The molecule has 19 heavy (non-hydrogen) atoms. The summed E-state index contributed by atoms with van der Waals surface area (Å²) in [6, 6.07) is 4.49. The van der Waals surface area contributed by atoms with E-state index >= 15 is 0 Å². The van der Waals surface area contributed by atoms with Crippen molar-refractivity contribution in [1.82, 2.24) is 9.55 Å². The van der Waals surface area contributed by atoms with Gasteiger partial charge in [0.25, 0.3) is 0 Å². The average Bonchev–Trinajstić information content (AvgIpc) is 2.75. The second kappa shape index (κ2) is 5.43. The number of anilines is 1. The van der Waals surface area contributed by atoms with E-state index in [1.54, 1.807) is 6.20 Å². The summed E-state index contributed by atoms with van der Waals surface area (Å²) in [6.45, 7) is 0.342. The summed E-state index contributed by atoms with van der Waals surface area (Å²) in [6.07, 6.45) is 4.15. The summed E-state index contributed by atoms with van der Waals surface area (Å²) >= 11 is 0. The van der Waals surface area contributed by atoms with Gasteiger partial charge in [-0.2, -0.15) is 0 Å². The molecule has 0 unspecified atom stereocenters. The highest BCUT2D eigenvalue weighted by atomic mass is 16.5. The molecule has 6 nitrogen and oxygen atoms in total. The second-order valence-corrected chi connectivity index (χ2v) is 4.11. The van der Waals surface area contributed by atoms with Gasteiger partial charge in [-0.3, -0.25) is 0 Å². The maximum Gasteiger partial charge on any atom is 0.339 e. The Hall–Kier alpha value is -2.50. The van der Waals surface area contributed by atoms with Crippen molar-refractivity contribution in [3.63, 3.8) is 0 Å². The van der Waals surface area contributed by atoms with Crippen molar-refractivity contribution in [2.45, 2.75) is 6.42 Å². The quantitative estimate of drug-likeness (QED) is 0.792. The van der Waals surface area contributed by atoms with E-state index < -0.39 is 5.97 Å². The lowest BCUT2D eigenvalue weighted by atomic mass is 10.2.